The number of aliphatic hydroxyl groups is 1. The Labute approximate surface area is 100 Å². The zero-order valence-electron chi connectivity index (χ0n) is 8.22. The first-order valence-corrected chi connectivity index (χ1v) is 6.33. The van der Waals surface area contributed by atoms with Crippen LogP contribution in [0, 0.1) is 0 Å². The van der Waals surface area contributed by atoms with Gasteiger partial charge in [0.25, 0.3) is 0 Å². The van der Waals surface area contributed by atoms with E-state index >= 15 is 0 Å². The maximum atomic E-state index is 10.1. The first-order chi connectivity index (χ1) is 7.22. The van der Waals surface area contributed by atoms with Crippen LogP contribution in [0.5, 0.6) is 0 Å². The molecule has 2 rings (SSSR count). The van der Waals surface area contributed by atoms with Crippen LogP contribution in [-0.4, -0.2) is 14.9 Å². The second-order valence-electron chi connectivity index (χ2n) is 3.16. The van der Waals surface area contributed by atoms with Crippen LogP contribution in [-0.2, 0) is 6.54 Å². The summed E-state index contributed by atoms with van der Waals surface area (Å²) in [5, 5.41) is 16.2. The number of halogens is 1. The molecule has 0 aliphatic rings. The standard InChI is InChI=1S/C10H11BrN2OS/c1-2-13-8(3-4-12-13)10(14)7-5-9(11)15-6-7/h3-6,10,14H,2H2,1H3. The normalized spacial score (nSPS) is 13.0. The molecule has 0 spiro atoms. The summed E-state index contributed by atoms with van der Waals surface area (Å²) < 4.78 is 2.83. The van der Waals surface area contributed by atoms with Crippen LogP contribution in [0.15, 0.2) is 27.5 Å². The summed E-state index contributed by atoms with van der Waals surface area (Å²) in [7, 11) is 0. The molecule has 2 heterocycles. The fourth-order valence-electron chi connectivity index (χ4n) is 1.48. The molecular weight excluding hydrogens is 276 g/mol. The van der Waals surface area contributed by atoms with Crippen molar-refractivity contribution in [3.63, 3.8) is 0 Å². The van der Waals surface area contributed by atoms with E-state index in [2.05, 4.69) is 21.0 Å². The third-order valence-corrected chi connectivity index (χ3v) is 3.76. The number of aromatic nitrogens is 2. The minimum absolute atomic E-state index is 0.588. The molecule has 0 radical (unpaired) electrons. The van der Waals surface area contributed by atoms with Crippen molar-refractivity contribution < 1.29 is 5.11 Å². The first-order valence-electron chi connectivity index (χ1n) is 4.66. The third-order valence-electron chi connectivity index (χ3n) is 2.23. The second kappa shape index (κ2) is 4.47. The van der Waals surface area contributed by atoms with Crippen molar-refractivity contribution >= 4 is 27.3 Å². The van der Waals surface area contributed by atoms with Crippen LogP contribution in [0.4, 0.5) is 0 Å². The van der Waals surface area contributed by atoms with Crippen molar-refractivity contribution in [3.8, 4) is 0 Å². The third kappa shape index (κ3) is 2.14. The lowest BCUT2D eigenvalue weighted by Gasteiger charge is -2.10. The quantitative estimate of drug-likeness (QED) is 0.942. The number of aliphatic hydroxyl groups excluding tert-OH is 1. The lowest BCUT2D eigenvalue weighted by Crippen LogP contribution is -2.08. The topological polar surface area (TPSA) is 38.0 Å². The highest BCUT2D eigenvalue weighted by Gasteiger charge is 2.15. The van der Waals surface area contributed by atoms with E-state index in [-0.39, 0.29) is 0 Å². The first kappa shape index (κ1) is 10.9. The Morgan fingerprint density at radius 1 is 1.67 bits per heavy atom. The maximum Gasteiger partial charge on any atom is 0.121 e. The Bertz CT molecular complexity index is 452. The summed E-state index contributed by atoms with van der Waals surface area (Å²) in [5.74, 6) is 0. The van der Waals surface area contributed by atoms with Crippen molar-refractivity contribution in [1.82, 2.24) is 9.78 Å². The molecule has 2 aromatic rings. The van der Waals surface area contributed by atoms with E-state index in [0.29, 0.717) is 0 Å². The van der Waals surface area contributed by atoms with Gasteiger partial charge in [0, 0.05) is 12.7 Å². The average molecular weight is 287 g/mol. The van der Waals surface area contributed by atoms with Crippen LogP contribution in [0.1, 0.15) is 24.3 Å². The number of nitrogens with zero attached hydrogens (tertiary/aromatic N) is 2. The van der Waals surface area contributed by atoms with Gasteiger partial charge in [0.05, 0.1) is 9.48 Å². The second-order valence-corrected chi connectivity index (χ2v) is 5.45. The number of aryl methyl sites for hydroxylation is 1. The lowest BCUT2D eigenvalue weighted by atomic mass is 10.1. The van der Waals surface area contributed by atoms with Gasteiger partial charge in [-0.05, 0) is 45.9 Å². The molecule has 0 fully saturated rings. The molecule has 0 aromatic carbocycles. The van der Waals surface area contributed by atoms with Crippen LogP contribution in [0.25, 0.3) is 0 Å². The molecule has 2 aromatic heterocycles. The molecule has 0 aliphatic carbocycles. The lowest BCUT2D eigenvalue weighted by molar-refractivity contribution is 0.208. The van der Waals surface area contributed by atoms with Crippen LogP contribution in [0.2, 0.25) is 0 Å². The fourth-order valence-corrected chi connectivity index (χ4v) is 2.67. The Balaban J connectivity index is 2.31. The van der Waals surface area contributed by atoms with Gasteiger partial charge < -0.3 is 5.11 Å². The molecule has 80 valence electrons. The van der Waals surface area contributed by atoms with Crippen molar-refractivity contribution in [2.45, 2.75) is 19.6 Å². The zero-order valence-corrected chi connectivity index (χ0v) is 10.6. The van der Waals surface area contributed by atoms with E-state index in [1.54, 1.807) is 22.2 Å². The highest BCUT2D eigenvalue weighted by molar-refractivity contribution is 9.11. The molecule has 5 heteroatoms. The SMILES string of the molecule is CCn1nccc1C(O)c1csc(Br)c1. The van der Waals surface area contributed by atoms with Gasteiger partial charge in [-0.2, -0.15) is 5.10 Å². The van der Waals surface area contributed by atoms with Crippen LogP contribution in [0.3, 0.4) is 0 Å². The van der Waals surface area contributed by atoms with E-state index < -0.39 is 6.10 Å². The molecular formula is C10H11BrN2OS. The van der Waals surface area contributed by atoms with E-state index in [1.807, 2.05) is 24.4 Å². The molecule has 0 saturated carbocycles. The molecule has 1 atom stereocenters. The van der Waals surface area contributed by atoms with Crippen LogP contribution < -0.4 is 0 Å². The van der Waals surface area contributed by atoms with E-state index in [1.165, 1.54) is 0 Å². The Morgan fingerprint density at radius 2 is 2.47 bits per heavy atom. The van der Waals surface area contributed by atoms with Gasteiger partial charge in [-0.25, -0.2) is 0 Å². The van der Waals surface area contributed by atoms with Gasteiger partial charge in [0.2, 0.25) is 0 Å². The molecule has 15 heavy (non-hydrogen) atoms. The van der Waals surface area contributed by atoms with Gasteiger partial charge in [0.15, 0.2) is 0 Å². The Hall–Kier alpha value is -0.650. The van der Waals surface area contributed by atoms with Gasteiger partial charge in [-0.3, -0.25) is 4.68 Å². The average Bonchev–Trinajstić information content (AvgIpc) is 2.84. The summed E-state index contributed by atoms with van der Waals surface area (Å²) in [5.41, 5.74) is 1.74. The predicted octanol–water partition coefficient (Wildman–Crippen LogP) is 2.81. The Morgan fingerprint density at radius 3 is 3.07 bits per heavy atom. The molecule has 0 amide bonds. The van der Waals surface area contributed by atoms with Crippen molar-refractivity contribution in [1.29, 1.82) is 0 Å². The predicted molar refractivity (Wildman–Crippen MR) is 64.0 cm³/mol. The molecule has 1 N–H and O–H groups in total. The number of hydrogen-bond acceptors (Lipinski definition) is 3. The van der Waals surface area contributed by atoms with Crippen LogP contribution >= 0.6 is 27.3 Å². The monoisotopic (exact) mass is 286 g/mol. The van der Waals surface area contributed by atoms with Gasteiger partial charge in [-0.15, -0.1) is 11.3 Å². The number of rotatable bonds is 3. The highest BCUT2D eigenvalue weighted by Crippen LogP contribution is 2.28. The largest absolute Gasteiger partial charge is 0.382 e. The van der Waals surface area contributed by atoms with Crippen molar-refractivity contribution in [3.05, 3.63) is 38.8 Å². The molecule has 0 bridgehead atoms. The van der Waals surface area contributed by atoms with Gasteiger partial charge in [0.1, 0.15) is 6.10 Å². The fraction of sp³-hybridized carbons (Fsp3) is 0.300. The number of hydrogen-bond donors (Lipinski definition) is 1. The Kier molecular flexibility index (Phi) is 3.23. The van der Waals surface area contributed by atoms with Gasteiger partial charge >= 0.3 is 0 Å². The summed E-state index contributed by atoms with van der Waals surface area (Å²) >= 11 is 4.95. The van der Waals surface area contributed by atoms with Gasteiger partial charge in [-0.1, -0.05) is 0 Å². The summed E-state index contributed by atoms with van der Waals surface area (Å²) in [4.78, 5) is 0. The summed E-state index contributed by atoms with van der Waals surface area (Å²) in [6, 6.07) is 3.78. The maximum absolute atomic E-state index is 10.1. The van der Waals surface area contributed by atoms with E-state index in [0.717, 1.165) is 21.6 Å². The van der Waals surface area contributed by atoms with E-state index in [9.17, 15) is 5.11 Å². The van der Waals surface area contributed by atoms with E-state index in [4.69, 9.17) is 0 Å². The zero-order chi connectivity index (χ0) is 10.8. The minimum Gasteiger partial charge on any atom is -0.382 e. The summed E-state index contributed by atoms with van der Waals surface area (Å²) in [6.45, 7) is 2.78. The number of thiophene rings is 1. The van der Waals surface area contributed by atoms with Crippen molar-refractivity contribution in [2.24, 2.45) is 0 Å². The minimum atomic E-state index is -0.588. The molecule has 1 unspecified atom stereocenters. The molecule has 0 saturated heterocycles. The molecule has 0 aliphatic heterocycles. The smallest absolute Gasteiger partial charge is 0.121 e. The highest BCUT2D eigenvalue weighted by atomic mass is 79.9. The molecule has 3 nitrogen and oxygen atoms in total. The summed E-state index contributed by atoms with van der Waals surface area (Å²) in [6.07, 6.45) is 1.12. The van der Waals surface area contributed by atoms with Crippen molar-refractivity contribution in [2.75, 3.05) is 0 Å².